The highest BCUT2D eigenvalue weighted by molar-refractivity contribution is 9.11. The van der Waals surface area contributed by atoms with Crippen molar-refractivity contribution in [1.29, 1.82) is 0 Å². The summed E-state index contributed by atoms with van der Waals surface area (Å²) < 4.78 is 1.21. The normalized spacial score (nSPS) is 41.7. The lowest BCUT2D eigenvalue weighted by atomic mass is 9.48. The van der Waals surface area contributed by atoms with Gasteiger partial charge in [-0.3, -0.25) is 0 Å². The fourth-order valence-electron chi connectivity index (χ4n) is 5.52. The van der Waals surface area contributed by atoms with E-state index in [1.165, 1.54) is 53.6 Å². The first-order chi connectivity index (χ1) is 9.12. The van der Waals surface area contributed by atoms with E-state index in [9.17, 15) is 0 Å². The van der Waals surface area contributed by atoms with Gasteiger partial charge < -0.3 is 0 Å². The van der Waals surface area contributed by atoms with Gasteiger partial charge in [0.2, 0.25) is 0 Å². The Morgan fingerprint density at radius 3 is 2.21 bits per heavy atom. The van der Waals surface area contributed by atoms with Gasteiger partial charge in [-0.2, -0.15) is 0 Å². The lowest BCUT2D eigenvalue weighted by Gasteiger charge is -2.57. The largest absolute Gasteiger partial charge is 0.132 e. The monoisotopic (exact) mass is 358 g/mol. The van der Waals surface area contributed by atoms with Crippen LogP contribution in [0.4, 0.5) is 0 Å². The molecular weight excluding hydrogens is 340 g/mol. The van der Waals surface area contributed by atoms with Crippen LogP contribution in [0, 0.1) is 23.2 Å². The van der Waals surface area contributed by atoms with Crippen LogP contribution in [0.5, 0.6) is 0 Å². The zero-order chi connectivity index (χ0) is 13.0. The van der Waals surface area contributed by atoms with Crippen LogP contribution in [0.15, 0.2) is 15.9 Å². The molecular formula is C16H20BrClS. The summed E-state index contributed by atoms with van der Waals surface area (Å²) in [5.41, 5.74) is 0.595. The van der Waals surface area contributed by atoms with Gasteiger partial charge in [-0.1, -0.05) is 0 Å². The molecule has 4 saturated carbocycles. The molecule has 0 spiro atoms. The zero-order valence-corrected chi connectivity index (χ0v) is 14.2. The smallest absolute Gasteiger partial charge is 0.0701 e. The SMILES string of the molecule is ClC(CC12CC3CC(CC(C3)C1)C2)c1ccc(Br)s1. The first-order valence-electron chi connectivity index (χ1n) is 7.51. The van der Waals surface area contributed by atoms with Crippen molar-refractivity contribution in [1.82, 2.24) is 0 Å². The minimum Gasteiger partial charge on any atom is -0.132 e. The van der Waals surface area contributed by atoms with Crippen molar-refractivity contribution in [3.05, 3.63) is 20.8 Å². The van der Waals surface area contributed by atoms with Crippen molar-refractivity contribution in [3.8, 4) is 0 Å². The molecule has 0 amide bonds. The van der Waals surface area contributed by atoms with Crippen LogP contribution >= 0.6 is 38.9 Å². The molecule has 4 bridgehead atoms. The topological polar surface area (TPSA) is 0 Å². The van der Waals surface area contributed by atoms with Crippen molar-refractivity contribution in [2.75, 3.05) is 0 Å². The Bertz CT molecular complexity index is 446. The van der Waals surface area contributed by atoms with Crippen molar-refractivity contribution < 1.29 is 0 Å². The highest BCUT2D eigenvalue weighted by Crippen LogP contribution is 2.63. The molecule has 4 aliphatic carbocycles. The average molecular weight is 360 g/mol. The molecule has 4 aliphatic rings. The van der Waals surface area contributed by atoms with E-state index in [4.69, 9.17) is 11.6 Å². The standard InChI is InChI=1S/C16H20BrClS/c17-15-2-1-14(19-15)13(18)9-16-6-10-3-11(7-16)5-12(4-10)8-16/h1-2,10-13H,3-9H2. The predicted octanol–water partition coefficient (Wildman–Crippen LogP) is 6.40. The first kappa shape index (κ1) is 13.2. The molecule has 0 N–H and O–H groups in total. The van der Waals surface area contributed by atoms with Gasteiger partial charge in [0.15, 0.2) is 0 Å². The third kappa shape index (κ3) is 2.42. The lowest BCUT2D eigenvalue weighted by Crippen LogP contribution is -2.46. The van der Waals surface area contributed by atoms with Gasteiger partial charge in [0.1, 0.15) is 0 Å². The third-order valence-corrected chi connectivity index (χ3v) is 7.94. The molecule has 19 heavy (non-hydrogen) atoms. The Morgan fingerprint density at radius 2 is 1.74 bits per heavy atom. The number of hydrogen-bond donors (Lipinski definition) is 0. The molecule has 1 heterocycles. The van der Waals surface area contributed by atoms with Crippen molar-refractivity contribution in [2.24, 2.45) is 23.2 Å². The van der Waals surface area contributed by atoms with E-state index in [1.807, 2.05) is 11.3 Å². The molecule has 104 valence electrons. The second-order valence-electron chi connectivity index (χ2n) is 7.23. The molecule has 5 rings (SSSR count). The molecule has 1 aromatic rings. The molecule has 0 saturated heterocycles. The van der Waals surface area contributed by atoms with Crippen LogP contribution in [0.1, 0.15) is 55.2 Å². The summed E-state index contributed by atoms with van der Waals surface area (Å²) in [6.45, 7) is 0. The molecule has 0 aromatic carbocycles. The van der Waals surface area contributed by atoms with Crippen LogP contribution in [-0.4, -0.2) is 0 Å². The Morgan fingerprint density at radius 1 is 1.16 bits per heavy atom. The van der Waals surface area contributed by atoms with Gasteiger partial charge in [0.25, 0.3) is 0 Å². The second kappa shape index (κ2) is 4.74. The quantitative estimate of drug-likeness (QED) is 0.548. The fraction of sp³-hybridized carbons (Fsp3) is 0.750. The molecule has 1 aromatic heterocycles. The summed E-state index contributed by atoms with van der Waals surface area (Å²) in [4.78, 5) is 1.35. The average Bonchev–Trinajstić information content (AvgIpc) is 2.73. The molecule has 4 fully saturated rings. The van der Waals surface area contributed by atoms with Crippen LogP contribution in [0.3, 0.4) is 0 Å². The molecule has 0 radical (unpaired) electrons. The van der Waals surface area contributed by atoms with Gasteiger partial charge in [0.05, 0.1) is 9.16 Å². The zero-order valence-electron chi connectivity index (χ0n) is 11.1. The predicted molar refractivity (Wildman–Crippen MR) is 85.8 cm³/mol. The Labute approximate surface area is 133 Å². The summed E-state index contributed by atoms with van der Waals surface area (Å²) in [5, 5.41) is 0.229. The van der Waals surface area contributed by atoms with Crippen LogP contribution < -0.4 is 0 Å². The fourth-order valence-corrected chi connectivity index (χ4v) is 7.45. The maximum absolute atomic E-state index is 6.75. The molecule has 3 heteroatoms. The van der Waals surface area contributed by atoms with E-state index in [-0.39, 0.29) is 5.38 Å². The van der Waals surface area contributed by atoms with E-state index in [1.54, 1.807) is 0 Å². The van der Waals surface area contributed by atoms with Gasteiger partial charge in [-0.05, 0) is 96.2 Å². The third-order valence-electron chi connectivity index (χ3n) is 5.68. The summed E-state index contributed by atoms with van der Waals surface area (Å²) in [6.07, 6.45) is 10.2. The number of halogens is 2. The molecule has 1 atom stereocenters. The number of alkyl halides is 1. The maximum atomic E-state index is 6.75. The minimum atomic E-state index is 0.229. The van der Waals surface area contributed by atoms with E-state index in [2.05, 4.69) is 28.1 Å². The van der Waals surface area contributed by atoms with E-state index in [0.29, 0.717) is 5.41 Å². The second-order valence-corrected chi connectivity index (χ2v) is 10.3. The van der Waals surface area contributed by atoms with E-state index < -0.39 is 0 Å². The summed E-state index contributed by atoms with van der Waals surface area (Å²) in [6, 6.07) is 4.34. The highest BCUT2D eigenvalue weighted by Gasteiger charge is 2.51. The van der Waals surface area contributed by atoms with Gasteiger partial charge in [-0.15, -0.1) is 22.9 Å². The van der Waals surface area contributed by atoms with E-state index in [0.717, 1.165) is 17.8 Å². The Kier molecular flexibility index (Phi) is 3.28. The van der Waals surface area contributed by atoms with Crippen molar-refractivity contribution in [3.63, 3.8) is 0 Å². The van der Waals surface area contributed by atoms with Gasteiger partial charge in [0, 0.05) is 4.88 Å². The number of thiophene rings is 1. The van der Waals surface area contributed by atoms with E-state index >= 15 is 0 Å². The maximum Gasteiger partial charge on any atom is 0.0701 e. The summed E-state index contributed by atoms with van der Waals surface area (Å²) in [5.74, 6) is 3.10. The Hall–Kier alpha value is 0.470. The van der Waals surface area contributed by atoms with Crippen LogP contribution in [0.25, 0.3) is 0 Å². The van der Waals surface area contributed by atoms with Crippen molar-refractivity contribution >= 4 is 38.9 Å². The molecule has 1 unspecified atom stereocenters. The molecule has 0 aliphatic heterocycles. The number of hydrogen-bond acceptors (Lipinski definition) is 1. The first-order valence-corrected chi connectivity index (χ1v) is 9.56. The Balaban J connectivity index is 1.53. The van der Waals surface area contributed by atoms with Crippen molar-refractivity contribution in [2.45, 2.75) is 50.3 Å². The lowest BCUT2D eigenvalue weighted by molar-refractivity contribution is -0.0575. The van der Waals surface area contributed by atoms with Crippen LogP contribution in [-0.2, 0) is 0 Å². The minimum absolute atomic E-state index is 0.229. The molecule has 0 nitrogen and oxygen atoms in total. The highest BCUT2D eigenvalue weighted by atomic mass is 79.9. The number of rotatable bonds is 3. The summed E-state index contributed by atoms with van der Waals surface area (Å²) >= 11 is 12.1. The van der Waals surface area contributed by atoms with Gasteiger partial charge in [-0.25, -0.2) is 0 Å². The van der Waals surface area contributed by atoms with Crippen LogP contribution in [0.2, 0.25) is 0 Å². The summed E-state index contributed by atoms with van der Waals surface area (Å²) in [7, 11) is 0. The van der Waals surface area contributed by atoms with Gasteiger partial charge >= 0.3 is 0 Å².